The highest BCUT2D eigenvalue weighted by Gasteiger charge is 2.26. The zero-order valence-electron chi connectivity index (χ0n) is 18.1. The van der Waals surface area contributed by atoms with Gasteiger partial charge in [0.1, 0.15) is 10.8 Å². The Morgan fingerprint density at radius 1 is 1.03 bits per heavy atom. The van der Waals surface area contributed by atoms with E-state index >= 15 is 0 Å². The molecule has 5 rings (SSSR count). The van der Waals surface area contributed by atoms with Crippen molar-refractivity contribution in [2.75, 3.05) is 33.3 Å². The molecule has 0 amide bonds. The number of hydrogen-bond donors (Lipinski definition) is 0. The average Bonchev–Trinajstić information content (AvgIpc) is 3.61. The third-order valence-corrected chi connectivity index (χ3v) is 7.42. The van der Waals surface area contributed by atoms with Crippen LogP contribution in [0.15, 0.2) is 50.9 Å². The van der Waals surface area contributed by atoms with Gasteiger partial charge in [-0.25, -0.2) is 4.98 Å². The molecule has 1 saturated heterocycles. The molecule has 1 unspecified atom stereocenters. The summed E-state index contributed by atoms with van der Waals surface area (Å²) in [7, 11) is 1.65. The van der Waals surface area contributed by atoms with Gasteiger partial charge in [-0.1, -0.05) is 0 Å². The SMILES string of the molecule is COc1ccc(-c2nnc(C(C)N3CCN(Cc4csc(-c5ccsc5)n4)CC3)o2)cc1. The fourth-order valence-corrected chi connectivity index (χ4v) is 5.37. The molecule has 1 fully saturated rings. The quantitative estimate of drug-likeness (QED) is 0.386. The first-order chi connectivity index (χ1) is 15.7. The van der Waals surface area contributed by atoms with E-state index in [1.165, 1.54) is 5.56 Å². The summed E-state index contributed by atoms with van der Waals surface area (Å²) >= 11 is 3.44. The first kappa shape index (κ1) is 21.3. The molecule has 1 aromatic carbocycles. The highest BCUT2D eigenvalue weighted by molar-refractivity contribution is 7.14. The maximum Gasteiger partial charge on any atom is 0.247 e. The van der Waals surface area contributed by atoms with Gasteiger partial charge >= 0.3 is 0 Å². The van der Waals surface area contributed by atoms with Crippen LogP contribution < -0.4 is 4.74 Å². The average molecular weight is 468 g/mol. The van der Waals surface area contributed by atoms with E-state index in [-0.39, 0.29) is 6.04 Å². The minimum Gasteiger partial charge on any atom is -0.497 e. The van der Waals surface area contributed by atoms with Crippen molar-refractivity contribution in [1.82, 2.24) is 25.0 Å². The largest absolute Gasteiger partial charge is 0.497 e. The predicted molar refractivity (Wildman–Crippen MR) is 127 cm³/mol. The van der Waals surface area contributed by atoms with Crippen LogP contribution in [0.3, 0.4) is 0 Å². The summed E-state index contributed by atoms with van der Waals surface area (Å²) in [6, 6.07) is 9.87. The summed E-state index contributed by atoms with van der Waals surface area (Å²) in [6.07, 6.45) is 0. The topological polar surface area (TPSA) is 67.5 Å². The third kappa shape index (κ3) is 4.61. The Morgan fingerprint density at radius 3 is 2.56 bits per heavy atom. The van der Waals surface area contributed by atoms with Gasteiger partial charge in [-0.2, -0.15) is 11.3 Å². The van der Waals surface area contributed by atoms with Gasteiger partial charge in [0.15, 0.2) is 0 Å². The predicted octanol–water partition coefficient (Wildman–Crippen LogP) is 4.81. The Balaban J connectivity index is 1.16. The van der Waals surface area contributed by atoms with Gasteiger partial charge in [-0.05, 0) is 42.6 Å². The molecule has 0 N–H and O–H groups in total. The lowest BCUT2D eigenvalue weighted by Gasteiger charge is -2.36. The van der Waals surface area contributed by atoms with Crippen molar-refractivity contribution in [3.05, 3.63) is 58.1 Å². The molecular formula is C23H25N5O2S2. The number of methoxy groups -OCH3 is 1. The van der Waals surface area contributed by atoms with E-state index < -0.39 is 0 Å². The molecule has 32 heavy (non-hydrogen) atoms. The molecule has 3 aromatic heterocycles. The molecule has 0 aliphatic carbocycles. The van der Waals surface area contributed by atoms with Crippen LogP contribution in [0.4, 0.5) is 0 Å². The second-order valence-electron chi connectivity index (χ2n) is 7.82. The standard InChI is InChI=1S/C23H25N5O2S2/c1-16(21-25-26-22(30-21)17-3-5-20(29-2)6-4-17)28-10-8-27(9-11-28)13-19-15-32-23(24-19)18-7-12-31-14-18/h3-7,12,14-16H,8-11,13H2,1-2H3. The summed E-state index contributed by atoms with van der Waals surface area (Å²) in [5.74, 6) is 2.00. The van der Waals surface area contributed by atoms with E-state index in [9.17, 15) is 0 Å². The molecule has 1 aliphatic heterocycles. The molecular weight excluding hydrogens is 442 g/mol. The molecule has 4 aromatic rings. The summed E-state index contributed by atoms with van der Waals surface area (Å²) in [5.41, 5.74) is 3.27. The van der Waals surface area contributed by atoms with E-state index in [0.717, 1.165) is 54.7 Å². The number of thiazole rings is 1. The van der Waals surface area contributed by atoms with E-state index in [1.807, 2.05) is 24.3 Å². The van der Waals surface area contributed by atoms with E-state index in [4.69, 9.17) is 14.1 Å². The molecule has 4 heterocycles. The number of aromatic nitrogens is 3. The molecule has 0 saturated carbocycles. The Bertz CT molecular complexity index is 1130. The van der Waals surface area contributed by atoms with Gasteiger partial charge in [0.25, 0.3) is 0 Å². The minimum atomic E-state index is 0.0844. The lowest BCUT2D eigenvalue weighted by atomic mass is 10.2. The van der Waals surface area contributed by atoms with Crippen LogP contribution >= 0.6 is 22.7 Å². The zero-order chi connectivity index (χ0) is 21.9. The van der Waals surface area contributed by atoms with E-state index in [2.05, 4.69) is 49.1 Å². The van der Waals surface area contributed by atoms with Crippen molar-refractivity contribution >= 4 is 22.7 Å². The second-order valence-corrected chi connectivity index (χ2v) is 9.46. The van der Waals surface area contributed by atoms with Gasteiger partial charge in [-0.15, -0.1) is 21.5 Å². The summed E-state index contributed by atoms with van der Waals surface area (Å²) in [5, 5.41) is 16.1. The highest BCUT2D eigenvalue weighted by Crippen LogP contribution is 2.28. The highest BCUT2D eigenvalue weighted by atomic mass is 32.1. The van der Waals surface area contributed by atoms with Crippen molar-refractivity contribution in [2.24, 2.45) is 0 Å². The monoisotopic (exact) mass is 467 g/mol. The molecule has 166 valence electrons. The van der Waals surface area contributed by atoms with Crippen LogP contribution in [-0.2, 0) is 6.54 Å². The number of nitrogens with zero attached hydrogens (tertiary/aromatic N) is 5. The number of benzene rings is 1. The van der Waals surface area contributed by atoms with Gasteiger partial charge in [0.2, 0.25) is 11.8 Å². The van der Waals surface area contributed by atoms with Crippen LogP contribution in [0.5, 0.6) is 5.75 Å². The molecule has 0 spiro atoms. The van der Waals surface area contributed by atoms with E-state index in [1.54, 1.807) is 29.8 Å². The molecule has 7 nitrogen and oxygen atoms in total. The van der Waals surface area contributed by atoms with Crippen molar-refractivity contribution in [1.29, 1.82) is 0 Å². The minimum absolute atomic E-state index is 0.0844. The van der Waals surface area contributed by atoms with Crippen LogP contribution in [0.1, 0.15) is 24.6 Å². The number of hydrogen-bond acceptors (Lipinski definition) is 9. The third-order valence-electron chi connectivity index (χ3n) is 5.80. The first-order valence-electron chi connectivity index (χ1n) is 10.6. The van der Waals surface area contributed by atoms with E-state index in [0.29, 0.717) is 11.8 Å². The zero-order valence-corrected chi connectivity index (χ0v) is 19.7. The van der Waals surface area contributed by atoms with Crippen molar-refractivity contribution < 1.29 is 9.15 Å². The molecule has 0 bridgehead atoms. The van der Waals surface area contributed by atoms with Crippen molar-refractivity contribution in [2.45, 2.75) is 19.5 Å². The fraction of sp³-hybridized carbons (Fsp3) is 0.348. The lowest BCUT2D eigenvalue weighted by molar-refractivity contribution is 0.0870. The Kier molecular flexibility index (Phi) is 6.31. The van der Waals surface area contributed by atoms with Crippen LogP contribution in [0, 0.1) is 0 Å². The molecule has 0 radical (unpaired) electrons. The molecule has 1 atom stereocenters. The van der Waals surface area contributed by atoms with Gasteiger partial charge in [0, 0.05) is 54.6 Å². The van der Waals surface area contributed by atoms with Crippen LogP contribution in [-0.4, -0.2) is 58.3 Å². The Morgan fingerprint density at radius 2 is 1.84 bits per heavy atom. The Hall–Kier alpha value is -2.59. The summed E-state index contributed by atoms with van der Waals surface area (Å²) in [4.78, 5) is 9.69. The fourth-order valence-electron chi connectivity index (χ4n) is 3.85. The van der Waals surface area contributed by atoms with Gasteiger partial charge < -0.3 is 9.15 Å². The number of piperazine rings is 1. The number of ether oxygens (including phenoxy) is 1. The van der Waals surface area contributed by atoms with Crippen LogP contribution in [0.25, 0.3) is 22.0 Å². The summed E-state index contributed by atoms with van der Waals surface area (Å²) < 4.78 is 11.2. The normalized spacial score (nSPS) is 16.3. The number of thiophene rings is 1. The molecule has 1 aliphatic rings. The lowest BCUT2D eigenvalue weighted by Crippen LogP contribution is -2.46. The smallest absolute Gasteiger partial charge is 0.247 e. The Labute approximate surface area is 195 Å². The van der Waals surface area contributed by atoms with Crippen molar-refractivity contribution in [3.8, 4) is 27.8 Å². The number of rotatable bonds is 7. The van der Waals surface area contributed by atoms with Crippen molar-refractivity contribution in [3.63, 3.8) is 0 Å². The maximum atomic E-state index is 5.99. The maximum absolute atomic E-state index is 5.99. The van der Waals surface area contributed by atoms with Gasteiger partial charge in [-0.3, -0.25) is 9.80 Å². The van der Waals surface area contributed by atoms with Crippen LogP contribution in [0.2, 0.25) is 0 Å². The molecule has 9 heteroatoms. The summed E-state index contributed by atoms with van der Waals surface area (Å²) in [6.45, 7) is 6.94. The first-order valence-corrected chi connectivity index (χ1v) is 12.4. The second kappa shape index (κ2) is 9.50. The van der Waals surface area contributed by atoms with Gasteiger partial charge in [0.05, 0.1) is 18.8 Å².